The van der Waals surface area contributed by atoms with Gasteiger partial charge >= 0.3 is 182 Å². The van der Waals surface area contributed by atoms with Gasteiger partial charge in [0, 0.05) is 0 Å². The molecule has 2 spiro atoms. The quantitative estimate of drug-likeness (QED) is 0.341. The molecule has 5 rings (SSSR count). The maximum absolute atomic E-state index is 9.28. The van der Waals surface area contributed by atoms with Crippen molar-refractivity contribution in [3.63, 3.8) is 0 Å². The van der Waals surface area contributed by atoms with E-state index in [1.54, 1.807) is 5.06 Å². The van der Waals surface area contributed by atoms with Gasteiger partial charge in [0.15, 0.2) is 0 Å². The molecule has 3 aliphatic rings. The summed E-state index contributed by atoms with van der Waals surface area (Å²) < 4.78 is 6.52. The number of nitriles is 1. The van der Waals surface area contributed by atoms with Crippen LogP contribution in [0.1, 0.15) is 36.0 Å². The van der Waals surface area contributed by atoms with Crippen molar-refractivity contribution in [2.45, 2.75) is 28.3 Å². The summed E-state index contributed by atoms with van der Waals surface area (Å²) in [6, 6.07) is 16.9. The molecule has 0 saturated carbocycles. The zero-order chi connectivity index (χ0) is 20.1. The molecule has 0 aromatic heterocycles. The molecule has 1 fully saturated rings. The fraction of sp³-hybridized carbons (Fsp3) is 0.348. The van der Waals surface area contributed by atoms with Gasteiger partial charge in [0.2, 0.25) is 0 Å². The van der Waals surface area contributed by atoms with Crippen LogP contribution in [0.2, 0.25) is 0 Å². The number of hydrogen-bond donors (Lipinski definition) is 1. The molecule has 2 aromatic rings. The van der Waals surface area contributed by atoms with E-state index in [-0.39, 0.29) is 9.02 Å². The fourth-order valence-corrected chi connectivity index (χ4v) is 8.19. The Morgan fingerprint density at radius 1 is 1.14 bits per heavy atom. The van der Waals surface area contributed by atoms with Gasteiger partial charge in [0.25, 0.3) is 0 Å². The van der Waals surface area contributed by atoms with Gasteiger partial charge in [-0.3, -0.25) is 0 Å². The van der Waals surface area contributed by atoms with Gasteiger partial charge in [-0.1, -0.05) is 0 Å². The van der Waals surface area contributed by atoms with E-state index in [1.165, 1.54) is 11.1 Å². The van der Waals surface area contributed by atoms with Crippen molar-refractivity contribution >= 4 is 0 Å². The Labute approximate surface area is 181 Å². The molecule has 29 heavy (non-hydrogen) atoms. The maximum atomic E-state index is 9.28. The molecule has 2 aliphatic heterocycles. The van der Waals surface area contributed by atoms with Crippen molar-refractivity contribution in [1.29, 1.82) is 5.26 Å². The van der Waals surface area contributed by atoms with Gasteiger partial charge < -0.3 is 0 Å². The van der Waals surface area contributed by atoms with Gasteiger partial charge in [0.1, 0.15) is 0 Å². The van der Waals surface area contributed by atoms with Crippen LogP contribution in [0.15, 0.2) is 52.4 Å². The predicted octanol–water partition coefficient (Wildman–Crippen LogP) is 0.0650. The minimum absolute atomic E-state index is 0.143. The van der Waals surface area contributed by atoms with Crippen LogP contribution in [0.5, 0.6) is 0 Å². The number of hydroxylamine groups is 2. The van der Waals surface area contributed by atoms with Crippen LogP contribution < -0.4 is 26.9 Å². The zero-order valence-electron chi connectivity index (χ0n) is 16.4. The van der Waals surface area contributed by atoms with Crippen LogP contribution >= 0.6 is 0 Å². The van der Waals surface area contributed by atoms with Crippen molar-refractivity contribution in [3.05, 3.63) is 69.1 Å². The first-order chi connectivity index (χ1) is 14.1. The minimum atomic E-state index is -0.411. The number of rotatable bonds is 1. The van der Waals surface area contributed by atoms with Crippen LogP contribution in [0.25, 0.3) is 11.1 Å². The van der Waals surface area contributed by atoms with E-state index >= 15 is 0 Å². The summed E-state index contributed by atoms with van der Waals surface area (Å²) in [5.41, 5.74) is 11.9. The normalized spacial score (nSPS) is 25.2. The summed E-state index contributed by atoms with van der Waals surface area (Å²) in [5.74, 6) is 0.711. The molecule has 1 atom stereocenters. The zero-order valence-corrected chi connectivity index (χ0v) is 18.5. The van der Waals surface area contributed by atoms with Crippen LogP contribution in [0.3, 0.4) is 0 Å². The topological polar surface area (TPSA) is 75.1 Å². The average molecular weight is 501 g/mol. The Hall–Kier alpha value is -2.08. The second kappa shape index (κ2) is 7.01. The summed E-state index contributed by atoms with van der Waals surface area (Å²) in [7, 11) is 1.90. The summed E-state index contributed by atoms with van der Waals surface area (Å²) in [4.78, 5) is 6.54. The summed E-state index contributed by atoms with van der Waals surface area (Å²) >= 11 is -0.411. The molecule has 150 valence electrons. The molecule has 0 unspecified atom stereocenters. The molecule has 1 aliphatic carbocycles. The van der Waals surface area contributed by atoms with Crippen molar-refractivity contribution in [1.82, 2.24) is 5.06 Å². The van der Waals surface area contributed by atoms with Gasteiger partial charge in [-0.2, -0.15) is 0 Å². The third-order valence-corrected chi connectivity index (χ3v) is 9.48. The van der Waals surface area contributed by atoms with E-state index in [9.17, 15) is 5.26 Å². The molecule has 2 aromatic carbocycles. The molecular weight excluding hydrogens is 477 g/mol. The second-order valence-electron chi connectivity index (χ2n) is 8.04. The number of benzene rings is 2. The third-order valence-electron chi connectivity index (χ3n) is 6.37. The number of nitrogens with zero attached hydrogens (tertiary/aromatic N) is 2. The van der Waals surface area contributed by atoms with Crippen LogP contribution in [0, 0.1) is 11.3 Å². The SMILES string of the molecule is CN1O[C@]2(CC3(CC[OH+]CC3)c3ccc(-c4cccc(C#N)c4)cc32)[I-]C=C1N. The Morgan fingerprint density at radius 2 is 1.93 bits per heavy atom. The van der Waals surface area contributed by atoms with E-state index in [0.717, 1.165) is 43.6 Å². The van der Waals surface area contributed by atoms with Crippen LogP contribution in [-0.2, 0) is 13.9 Å². The molecule has 0 bridgehead atoms. The number of aliphatic hydroxyl groups is 2. The van der Waals surface area contributed by atoms with E-state index in [1.807, 2.05) is 25.2 Å². The molecule has 5 nitrogen and oxygen atoms in total. The number of halogens is 1. The van der Waals surface area contributed by atoms with Crippen LogP contribution in [-0.4, -0.2) is 30.1 Å². The molecule has 0 radical (unpaired) electrons. The molecule has 6 heteroatoms. The number of hydrogen-bond acceptors (Lipinski definition) is 4. The van der Waals surface area contributed by atoms with Crippen LogP contribution in [0.4, 0.5) is 0 Å². The summed E-state index contributed by atoms with van der Waals surface area (Å²) in [5, 5.41) is 11.0. The Balaban J connectivity index is 1.66. The summed E-state index contributed by atoms with van der Waals surface area (Å²) in [6.45, 7) is 1.85. The number of alkyl halides is 1. The number of fused-ring (bicyclic) bond motifs is 3. The molecule has 3 N–H and O–H groups in total. The fourth-order valence-electron chi connectivity index (χ4n) is 4.84. The van der Waals surface area contributed by atoms with Gasteiger partial charge in [-0.05, 0) is 0 Å². The van der Waals surface area contributed by atoms with E-state index in [0.29, 0.717) is 11.4 Å². The predicted molar refractivity (Wildman–Crippen MR) is 107 cm³/mol. The van der Waals surface area contributed by atoms with E-state index in [4.69, 9.17) is 10.6 Å². The van der Waals surface area contributed by atoms with Crippen molar-refractivity contribution in [3.8, 4) is 17.2 Å². The average Bonchev–Trinajstić information content (AvgIpc) is 3.00. The first-order valence-corrected chi connectivity index (χ1v) is 12.2. The molecular formula is C23H24IN3O2. The van der Waals surface area contributed by atoms with E-state index < -0.39 is 21.2 Å². The standard InChI is InChI=1S/C23H23IN3O2/c1-27-21(26)13-24-23(29-27)15-22(7-9-28-10-8-22)19-6-5-18(12-20(19)23)17-4-2-3-16(11-17)14-25/h2-6,11-13H,7-10,15,26H2,1H3/q-1/p+1/t23-/m0/s1. The van der Waals surface area contributed by atoms with Gasteiger partial charge in [-0.15, -0.1) is 0 Å². The first kappa shape index (κ1) is 18.9. The molecule has 0 amide bonds. The van der Waals surface area contributed by atoms with Gasteiger partial charge in [-0.25, -0.2) is 0 Å². The van der Waals surface area contributed by atoms with Gasteiger partial charge in [0.05, 0.1) is 0 Å². The third kappa shape index (κ3) is 3.03. The number of ether oxygens (including phenoxy) is 1. The Morgan fingerprint density at radius 3 is 2.69 bits per heavy atom. The van der Waals surface area contributed by atoms with E-state index in [2.05, 4.69) is 39.2 Å². The van der Waals surface area contributed by atoms with Crippen molar-refractivity contribution < 1.29 is 30.8 Å². The molecule has 2 heterocycles. The summed E-state index contributed by atoms with van der Waals surface area (Å²) in [6.07, 6.45) is 3.18. The van der Waals surface area contributed by atoms with Crippen molar-refractivity contribution in [2.75, 3.05) is 20.3 Å². The van der Waals surface area contributed by atoms with Crippen molar-refractivity contribution in [2.24, 2.45) is 5.73 Å². The second-order valence-corrected chi connectivity index (χ2v) is 11.0. The Bertz CT molecular complexity index is 1040. The first-order valence-electron chi connectivity index (χ1n) is 9.87. The molecule has 1 saturated heterocycles. The number of nitrogens with two attached hydrogens (primary N) is 1. The monoisotopic (exact) mass is 501 g/mol. The Kier molecular flexibility index (Phi) is 4.57.